The molecular formula is C19H36O. The van der Waals surface area contributed by atoms with Gasteiger partial charge in [0.1, 0.15) is 0 Å². The average molecular weight is 280 g/mol. The molecule has 0 spiro atoms. The molecule has 118 valence electrons. The first-order chi connectivity index (χ1) is 9.53. The second kappa shape index (κ2) is 14.6. The van der Waals surface area contributed by atoms with E-state index in [-0.39, 0.29) is 0 Å². The van der Waals surface area contributed by atoms with E-state index in [1.54, 1.807) is 0 Å². The fourth-order valence-corrected chi connectivity index (χ4v) is 1.69. The number of rotatable bonds is 5. The molecule has 1 nitrogen and oxygen atoms in total. The maximum Gasteiger partial charge on any atom is 0.0603 e. The van der Waals surface area contributed by atoms with Crippen molar-refractivity contribution in [2.24, 2.45) is 0 Å². The van der Waals surface area contributed by atoms with Crippen LogP contribution in [0.25, 0.3) is 0 Å². The summed E-state index contributed by atoms with van der Waals surface area (Å²) in [5.74, 6) is 0. The lowest BCUT2D eigenvalue weighted by atomic mass is 9.99. The van der Waals surface area contributed by atoms with Gasteiger partial charge in [0.2, 0.25) is 0 Å². The summed E-state index contributed by atoms with van der Waals surface area (Å²) < 4.78 is 5.53. The summed E-state index contributed by atoms with van der Waals surface area (Å²) >= 11 is 0. The summed E-state index contributed by atoms with van der Waals surface area (Å²) in [6, 6.07) is 0. The third-order valence-corrected chi connectivity index (χ3v) is 2.98. The summed E-state index contributed by atoms with van der Waals surface area (Å²) in [6.45, 7) is 18.2. The molecule has 2 unspecified atom stereocenters. The Balaban J connectivity index is 0. The van der Waals surface area contributed by atoms with Crippen LogP contribution in [-0.4, -0.2) is 12.2 Å². The molecule has 0 radical (unpaired) electrons. The zero-order chi connectivity index (χ0) is 16.0. The smallest absolute Gasteiger partial charge is 0.0603 e. The largest absolute Gasteiger partial charge is 0.375 e. The van der Waals surface area contributed by atoms with Crippen molar-refractivity contribution >= 4 is 0 Å². The molecule has 20 heavy (non-hydrogen) atoms. The van der Waals surface area contributed by atoms with Gasteiger partial charge in [-0.1, -0.05) is 70.1 Å². The van der Waals surface area contributed by atoms with Crippen LogP contribution in [0.2, 0.25) is 0 Å². The fourth-order valence-electron chi connectivity index (χ4n) is 1.69. The van der Waals surface area contributed by atoms with Gasteiger partial charge in [-0.25, -0.2) is 0 Å². The lowest BCUT2D eigenvalue weighted by Gasteiger charge is -2.35. The van der Waals surface area contributed by atoms with Gasteiger partial charge in [0.15, 0.2) is 0 Å². The molecule has 0 aromatic heterocycles. The minimum atomic E-state index is 0.599. The van der Waals surface area contributed by atoms with E-state index in [1.807, 2.05) is 26.8 Å². The summed E-state index contributed by atoms with van der Waals surface area (Å²) in [4.78, 5) is 0. The molecule has 0 amide bonds. The summed E-state index contributed by atoms with van der Waals surface area (Å²) in [5.41, 5.74) is 2.52. The van der Waals surface area contributed by atoms with Crippen molar-refractivity contribution in [3.8, 4) is 0 Å². The molecule has 0 saturated carbocycles. The molecule has 0 aliphatic carbocycles. The van der Waals surface area contributed by atoms with Crippen molar-refractivity contribution in [1.82, 2.24) is 0 Å². The maximum atomic E-state index is 5.53. The van der Waals surface area contributed by atoms with E-state index in [9.17, 15) is 0 Å². The van der Waals surface area contributed by atoms with Crippen molar-refractivity contribution < 1.29 is 4.74 Å². The zero-order valence-corrected chi connectivity index (χ0v) is 14.8. The summed E-state index contributed by atoms with van der Waals surface area (Å²) in [6.07, 6.45) is 12.2. The first-order valence-corrected chi connectivity index (χ1v) is 8.13. The number of hydrogen-bond acceptors (Lipinski definition) is 1. The molecular weight excluding hydrogens is 244 g/mol. The predicted molar refractivity (Wildman–Crippen MR) is 93.2 cm³/mol. The van der Waals surface area contributed by atoms with Gasteiger partial charge in [-0.3, -0.25) is 0 Å². The Hall–Kier alpha value is -0.820. The van der Waals surface area contributed by atoms with E-state index in [1.165, 1.54) is 36.8 Å². The van der Waals surface area contributed by atoms with Crippen LogP contribution < -0.4 is 0 Å². The first-order valence-electron chi connectivity index (χ1n) is 8.13. The van der Waals surface area contributed by atoms with Crippen LogP contribution in [0.4, 0.5) is 0 Å². The second-order valence-corrected chi connectivity index (χ2v) is 5.17. The lowest BCUT2D eigenvalue weighted by Crippen LogP contribution is -2.36. The highest BCUT2D eigenvalue weighted by Gasteiger charge is 2.26. The SMILES string of the molecule is C=C/C(C)=C\C=C(C)C.CC.CCCC1CC(CC)O1. The molecule has 0 aromatic rings. The van der Waals surface area contributed by atoms with Gasteiger partial charge in [-0.05, 0) is 40.0 Å². The van der Waals surface area contributed by atoms with Crippen LogP contribution in [0.3, 0.4) is 0 Å². The predicted octanol–water partition coefficient (Wildman–Crippen LogP) is 6.47. The highest BCUT2D eigenvalue weighted by Crippen LogP contribution is 2.25. The third-order valence-electron chi connectivity index (χ3n) is 2.98. The number of hydrogen-bond donors (Lipinski definition) is 0. The number of ether oxygens (including phenoxy) is 1. The van der Waals surface area contributed by atoms with Crippen LogP contribution >= 0.6 is 0 Å². The lowest BCUT2D eigenvalue weighted by molar-refractivity contribution is -0.127. The Bertz CT molecular complexity index is 276. The van der Waals surface area contributed by atoms with Gasteiger partial charge in [0.05, 0.1) is 12.2 Å². The topological polar surface area (TPSA) is 9.23 Å². The third kappa shape index (κ3) is 12.2. The van der Waals surface area contributed by atoms with Crippen molar-refractivity contribution in [3.63, 3.8) is 0 Å². The monoisotopic (exact) mass is 280 g/mol. The van der Waals surface area contributed by atoms with Gasteiger partial charge in [0, 0.05) is 0 Å². The molecule has 0 bridgehead atoms. The van der Waals surface area contributed by atoms with Gasteiger partial charge in [-0.15, -0.1) is 0 Å². The number of allylic oxidation sites excluding steroid dienone is 5. The van der Waals surface area contributed by atoms with Crippen molar-refractivity contribution in [2.75, 3.05) is 0 Å². The van der Waals surface area contributed by atoms with E-state index in [0.29, 0.717) is 12.2 Å². The van der Waals surface area contributed by atoms with E-state index < -0.39 is 0 Å². The molecule has 1 aliphatic heterocycles. The van der Waals surface area contributed by atoms with E-state index in [4.69, 9.17) is 4.74 Å². The molecule has 1 heteroatoms. The summed E-state index contributed by atoms with van der Waals surface area (Å²) in [7, 11) is 0. The van der Waals surface area contributed by atoms with Gasteiger partial charge in [-0.2, -0.15) is 0 Å². The van der Waals surface area contributed by atoms with Gasteiger partial charge in [0.25, 0.3) is 0 Å². The Morgan fingerprint density at radius 3 is 2.00 bits per heavy atom. The second-order valence-electron chi connectivity index (χ2n) is 5.17. The van der Waals surface area contributed by atoms with Crippen molar-refractivity contribution in [3.05, 3.63) is 36.0 Å². The van der Waals surface area contributed by atoms with Crippen LogP contribution in [0, 0.1) is 0 Å². The molecule has 1 heterocycles. The zero-order valence-electron chi connectivity index (χ0n) is 14.8. The molecule has 1 rings (SSSR count). The minimum Gasteiger partial charge on any atom is -0.375 e. The standard InChI is InChI=1S/C9H14.C8H16O.C2H6/c1-5-9(4)7-6-8(2)3;1-3-5-8-6-7(4-2)9-8;1-2/h5-7H,1H2,2-4H3;7-8H,3-6H2,1-2H3;1-2H3/b9-7-;;. The first kappa shape index (κ1) is 21.5. The Morgan fingerprint density at radius 1 is 1.10 bits per heavy atom. The molecule has 0 aromatic carbocycles. The van der Waals surface area contributed by atoms with Crippen LogP contribution in [0.15, 0.2) is 36.0 Å². The van der Waals surface area contributed by atoms with Crippen LogP contribution in [0.5, 0.6) is 0 Å². The Labute approximate surface area is 127 Å². The minimum absolute atomic E-state index is 0.599. The molecule has 0 N–H and O–H groups in total. The molecule has 1 fully saturated rings. The highest BCUT2D eigenvalue weighted by molar-refractivity contribution is 5.21. The van der Waals surface area contributed by atoms with E-state index in [2.05, 4.69) is 46.4 Å². The van der Waals surface area contributed by atoms with Gasteiger partial charge >= 0.3 is 0 Å². The molecule has 1 saturated heterocycles. The average Bonchev–Trinajstić information content (AvgIpc) is 2.42. The van der Waals surface area contributed by atoms with Crippen LogP contribution in [-0.2, 0) is 4.74 Å². The van der Waals surface area contributed by atoms with E-state index >= 15 is 0 Å². The Kier molecular flexibility index (Phi) is 15.7. The Morgan fingerprint density at radius 2 is 1.65 bits per heavy atom. The van der Waals surface area contributed by atoms with E-state index in [0.717, 1.165) is 0 Å². The quantitative estimate of drug-likeness (QED) is 0.525. The van der Waals surface area contributed by atoms with Crippen molar-refractivity contribution in [1.29, 1.82) is 0 Å². The van der Waals surface area contributed by atoms with Crippen molar-refractivity contribution in [2.45, 2.75) is 86.4 Å². The fraction of sp³-hybridized carbons (Fsp3) is 0.684. The highest BCUT2D eigenvalue weighted by atomic mass is 16.5. The molecule has 1 aliphatic rings. The molecule has 2 atom stereocenters. The van der Waals surface area contributed by atoms with Crippen LogP contribution in [0.1, 0.15) is 74.1 Å². The maximum absolute atomic E-state index is 5.53. The normalized spacial score (nSPS) is 20.4. The summed E-state index contributed by atoms with van der Waals surface area (Å²) in [5, 5.41) is 0. The van der Waals surface area contributed by atoms with Gasteiger partial charge < -0.3 is 4.74 Å².